The van der Waals surface area contributed by atoms with Crippen LogP contribution < -0.4 is 5.32 Å². The van der Waals surface area contributed by atoms with Crippen molar-refractivity contribution in [2.24, 2.45) is 7.05 Å². The molecule has 0 unspecified atom stereocenters. The minimum atomic E-state index is -0.145. The van der Waals surface area contributed by atoms with Crippen LogP contribution in [0.15, 0.2) is 36.5 Å². The van der Waals surface area contributed by atoms with E-state index in [1.54, 1.807) is 18.2 Å². The number of nitrogens with zero attached hydrogens (tertiary/aromatic N) is 1. The lowest BCUT2D eigenvalue weighted by Gasteiger charge is -2.05. The Morgan fingerprint density at radius 3 is 2.33 bits per heavy atom. The first-order valence-corrected chi connectivity index (χ1v) is 5.30. The Balaban J connectivity index is 0.00000162. The molecule has 1 aromatic carbocycles. The summed E-state index contributed by atoms with van der Waals surface area (Å²) in [4.78, 5) is 11.9. The maximum atomic E-state index is 11.9. The third-order valence-corrected chi connectivity index (χ3v) is 2.75. The summed E-state index contributed by atoms with van der Waals surface area (Å²) in [5.41, 5.74) is 2.23. The second-order valence-electron chi connectivity index (χ2n) is 3.93. The quantitative estimate of drug-likeness (QED) is 0.821. The number of aromatic nitrogens is 1. The summed E-state index contributed by atoms with van der Waals surface area (Å²) < 4.78 is 1.89. The fourth-order valence-corrected chi connectivity index (χ4v) is 1.59. The van der Waals surface area contributed by atoms with Gasteiger partial charge in [-0.1, -0.05) is 0 Å². The van der Waals surface area contributed by atoms with Gasteiger partial charge in [0.2, 0.25) is 0 Å². The van der Waals surface area contributed by atoms with Crippen molar-refractivity contribution in [3.63, 3.8) is 0 Å². The maximum Gasteiger partial charge on any atom is 0.257 e. The van der Waals surface area contributed by atoms with Crippen LogP contribution in [0.5, 0.6) is 5.75 Å². The van der Waals surface area contributed by atoms with Gasteiger partial charge in [0.05, 0.1) is 5.56 Å². The van der Waals surface area contributed by atoms with E-state index in [9.17, 15) is 4.79 Å². The van der Waals surface area contributed by atoms with E-state index in [-0.39, 0.29) is 24.1 Å². The Morgan fingerprint density at radius 1 is 1.22 bits per heavy atom. The lowest BCUT2D eigenvalue weighted by Crippen LogP contribution is -2.12. The van der Waals surface area contributed by atoms with Crippen molar-refractivity contribution in [3.8, 4) is 5.75 Å². The van der Waals surface area contributed by atoms with E-state index in [1.807, 2.05) is 24.7 Å². The summed E-state index contributed by atoms with van der Waals surface area (Å²) >= 11 is 0. The van der Waals surface area contributed by atoms with Gasteiger partial charge in [-0.3, -0.25) is 4.79 Å². The molecule has 0 aliphatic heterocycles. The maximum absolute atomic E-state index is 11.9. The van der Waals surface area contributed by atoms with Gasteiger partial charge in [0.1, 0.15) is 5.75 Å². The van der Waals surface area contributed by atoms with Crippen molar-refractivity contribution < 1.29 is 9.90 Å². The highest BCUT2D eigenvalue weighted by Crippen LogP contribution is 2.16. The van der Waals surface area contributed by atoms with Crippen LogP contribution in [0.2, 0.25) is 0 Å². The Morgan fingerprint density at radius 2 is 1.83 bits per heavy atom. The predicted molar refractivity (Wildman–Crippen MR) is 73.5 cm³/mol. The van der Waals surface area contributed by atoms with Gasteiger partial charge in [0.25, 0.3) is 5.91 Å². The van der Waals surface area contributed by atoms with Crippen molar-refractivity contribution in [1.82, 2.24) is 4.57 Å². The van der Waals surface area contributed by atoms with Gasteiger partial charge in [-0.2, -0.15) is 0 Å². The van der Waals surface area contributed by atoms with Crippen molar-refractivity contribution >= 4 is 24.0 Å². The molecule has 5 heteroatoms. The molecule has 0 aliphatic carbocycles. The molecule has 2 N–H and O–H groups in total. The SMILES string of the molecule is Cc1c(C(=O)Nc2ccc(O)cc2)ccn1C.Cl. The number of rotatable bonds is 2. The molecular weight excluding hydrogens is 252 g/mol. The van der Waals surface area contributed by atoms with Crippen molar-refractivity contribution in [1.29, 1.82) is 0 Å². The van der Waals surface area contributed by atoms with E-state index >= 15 is 0 Å². The fourth-order valence-electron chi connectivity index (χ4n) is 1.59. The number of anilines is 1. The topological polar surface area (TPSA) is 54.3 Å². The van der Waals surface area contributed by atoms with E-state index < -0.39 is 0 Å². The third-order valence-electron chi connectivity index (χ3n) is 2.75. The van der Waals surface area contributed by atoms with Crippen LogP contribution in [0, 0.1) is 6.92 Å². The number of nitrogens with one attached hydrogen (secondary N) is 1. The molecule has 2 aromatic rings. The number of hydrogen-bond donors (Lipinski definition) is 2. The fraction of sp³-hybridized carbons (Fsp3) is 0.154. The van der Waals surface area contributed by atoms with Crippen LogP contribution >= 0.6 is 12.4 Å². The van der Waals surface area contributed by atoms with Gasteiger partial charge in [-0.05, 0) is 37.3 Å². The molecule has 0 bridgehead atoms. The highest BCUT2D eigenvalue weighted by Gasteiger charge is 2.11. The summed E-state index contributed by atoms with van der Waals surface area (Å²) in [7, 11) is 1.90. The van der Waals surface area contributed by atoms with Crippen LogP contribution in [-0.4, -0.2) is 15.6 Å². The number of phenolic OH excluding ortho intramolecular Hbond substituents is 1. The number of aryl methyl sites for hydroxylation is 1. The van der Waals surface area contributed by atoms with Gasteiger partial charge >= 0.3 is 0 Å². The molecule has 1 amide bonds. The molecule has 0 radical (unpaired) electrons. The highest BCUT2D eigenvalue weighted by molar-refractivity contribution is 6.05. The Bertz CT molecular complexity index is 547. The minimum Gasteiger partial charge on any atom is -0.508 e. The molecule has 4 nitrogen and oxygen atoms in total. The Labute approximate surface area is 112 Å². The van der Waals surface area contributed by atoms with Crippen LogP contribution in [0.4, 0.5) is 5.69 Å². The molecule has 0 aliphatic rings. The molecule has 0 saturated heterocycles. The molecule has 2 rings (SSSR count). The smallest absolute Gasteiger partial charge is 0.257 e. The predicted octanol–water partition coefficient (Wildman–Crippen LogP) is 2.71. The minimum absolute atomic E-state index is 0. The van der Waals surface area contributed by atoms with Crippen LogP contribution in [0.25, 0.3) is 0 Å². The number of aromatic hydroxyl groups is 1. The molecule has 18 heavy (non-hydrogen) atoms. The van der Waals surface area contributed by atoms with Crippen molar-refractivity contribution in [3.05, 3.63) is 47.8 Å². The molecule has 1 aromatic heterocycles. The van der Waals surface area contributed by atoms with Gasteiger partial charge < -0.3 is 15.0 Å². The molecule has 0 saturated carbocycles. The summed E-state index contributed by atoms with van der Waals surface area (Å²) in [6.45, 7) is 1.89. The van der Waals surface area contributed by atoms with E-state index in [2.05, 4.69) is 5.32 Å². The lowest BCUT2D eigenvalue weighted by atomic mass is 10.2. The summed E-state index contributed by atoms with van der Waals surface area (Å²) in [6, 6.07) is 8.17. The van der Waals surface area contributed by atoms with E-state index in [0.717, 1.165) is 5.69 Å². The van der Waals surface area contributed by atoms with Crippen molar-refractivity contribution in [2.45, 2.75) is 6.92 Å². The summed E-state index contributed by atoms with van der Waals surface area (Å²) in [5, 5.41) is 11.9. The zero-order chi connectivity index (χ0) is 12.4. The first-order chi connectivity index (χ1) is 8.08. The number of halogens is 1. The third kappa shape index (κ3) is 2.84. The van der Waals surface area contributed by atoms with Gasteiger partial charge in [0.15, 0.2) is 0 Å². The van der Waals surface area contributed by atoms with E-state index in [4.69, 9.17) is 5.11 Å². The molecule has 96 valence electrons. The number of phenols is 1. The zero-order valence-corrected chi connectivity index (χ0v) is 11.0. The Kier molecular flexibility index (Phi) is 4.39. The zero-order valence-electron chi connectivity index (χ0n) is 10.2. The summed E-state index contributed by atoms with van der Waals surface area (Å²) in [5.74, 6) is 0.0349. The molecule has 0 fully saturated rings. The number of hydrogen-bond acceptors (Lipinski definition) is 2. The average molecular weight is 267 g/mol. The Hall–Kier alpha value is -1.94. The van der Waals surface area contributed by atoms with E-state index in [1.165, 1.54) is 12.1 Å². The average Bonchev–Trinajstić information content (AvgIpc) is 2.63. The van der Waals surface area contributed by atoms with Crippen LogP contribution in [0.1, 0.15) is 16.1 Å². The lowest BCUT2D eigenvalue weighted by molar-refractivity contribution is 0.102. The molecule has 0 atom stereocenters. The molecule has 0 spiro atoms. The molecular formula is C13H15ClN2O2. The number of amides is 1. The first kappa shape index (κ1) is 14.1. The van der Waals surface area contributed by atoms with E-state index in [0.29, 0.717) is 11.3 Å². The second kappa shape index (κ2) is 5.60. The van der Waals surface area contributed by atoms with Gasteiger partial charge in [-0.25, -0.2) is 0 Å². The highest BCUT2D eigenvalue weighted by atomic mass is 35.5. The number of carbonyl (C=O) groups is 1. The number of carbonyl (C=O) groups excluding carboxylic acids is 1. The standard InChI is InChI=1S/C13H14N2O2.ClH/c1-9-12(7-8-15(9)2)13(17)14-10-3-5-11(16)6-4-10;/h3-8,16H,1-2H3,(H,14,17);1H. The first-order valence-electron chi connectivity index (χ1n) is 5.30. The largest absolute Gasteiger partial charge is 0.508 e. The van der Waals surface area contributed by atoms with Gasteiger partial charge in [0, 0.05) is 24.6 Å². The number of benzene rings is 1. The van der Waals surface area contributed by atoms with Crippen LogP contribution in [0.3, 0.4) is 0 Å². The molecule has 1 heterocycles. The van der Waals surface area contributed by atoms with Crippen molar-refractivity contribution in [2.75, 3.05) is 5.32 Å². The summed E-state index contributed by atoms with van der Waals surface area (Å²) in [6.07, 6.45) is 1.85. The monoisotopic (exact) mass is 266 g/mol. The second-order valence-corrected chi connectivity index (χ2v) is 3.93. The van der Waals surface area contributed by atoms with Gasteiger partial charge in [-0.15, -0.1) is 12.4 Å². The normalized spacial score (nSPS) is 9.67. The van der Waals surface area contributed by atoms with Crippen LogP contribution in [-0.2, 0) is 7.05 Å².